The summed E-state index contributed by atoms with van der Waals surface area (Å²) in [6.07, 6.45) is 2.51. The van der Waals surface area contributed by atoms with E-state index in [-0.39, 0.29) is 24.1 Å². The normalized spacial score (nSPS) is 19.5. The first kappa shape index (κ1) is 18.0. The van der Waals surface area contributed by atoms with E-state index in [1.54, 1.807) is 15.8 Å². The fourth-order valence-corrected chi connectivity index (χ4v) is 3.14. The van der Waals surface area contributed by atoms with Crippen molar-refractivity contribution in [1.29, 1.82) is 0 Å². The summed E-state index contributed by atoms with van der Waals surface area (Å²) in [7, 11) is 0. The average molecular weight is 357 g/mol. The van der Waals surface area contributed by atoms with Crippen LogP contribution in [0.5, 0.6) is 5.75 Å². The molecule has 1 fully saturated rings. The topological polar surface area (TPSA) is 84.7 Å². The Morgan fingerprint density at radius 1 is 1.27 bits per heavy atom. The lowest BCUT2D eigenvalue weighted by Gasteiger charge is -2.15. The van der Waals surface area contributed by atoms with Crippen molar-refractivity contribution in [1.82, 2.24) is 14.7 Å². The first-order chi connectivity index (χ1) is 12.5. The number of likely N-dealkylation sites (tertiary alicyclic amines) is 1. The molecular formula is C19H23N3O4. The molecule has 0 saturated carbocycles. The van der Waals surface area contributed by atoms with Crippen molar-refractivity contribution in [3.63, 3.8) is 0 Å². The first-order valence-corrected chi connectivity index (χ1v) is 8.81. The van der Waals surface area contributed by atoms with Crippen LogP contribution >= 0.6 is 0 Å². The molecule has 1 aromatic heterocycles. The Labute approximate surface area is 152 Å². The van der Waals surface area contributed by atoms with Crippen molar-refractivity contribution in [3.8, 4) is 11.4 Å². The Bertz CT molecular complexity index is 787. The highest BCUT2D eigenvalue weighted by molar-refractivity contribution is 5.95. The van der Waals surface area contributed by atoms with Gasteiger partial charge in [0, 0.05) is 13.1 Å². The molecule has 7 heteroatoms. The fourth-order valence-electron chi connectivity index (χ4n) is 3.14. The third-order valence-corrected chi connectivity index (χ3v) is 4.58. The van der Waals surface area contributed by atoms with E-state index in [1.807, 2.05) is 44.2 Å². The third kappa shape index (κ3) is 3.56. The second kappa shape index (κ2) is 7.59. The predicted molar refractivity (Wildman–Crippen MR) is 95.5 cm³/mol. The number of carbonyl (C=O) groups is 2. The molecule has 2 heterocycles. The predicted octanol–water partition coefficient (Wildman–Crippen LogP) is 2.45. The number of hydrogen-bond donors (Lipinski definition) is 1. The second-order valence-electron chi connectivity index (χ2n) is 6.60. The average Bonchev–Trinajstić information content (AvgIpc) is 3.24. The number of ether oxygens (including phenoxy) is 1. The molecule has 7 nitrogen and oxygen atoms in total. The summed E-state index contributed by atoms with van der Waals surface area (Å²) in [5.74, 6) is -1.37. The van der Waals surface area contributed by atoms with Crippen LogP contribution in [-0.4, -0.2) is 51.4 Å². The van der Waals surface area contributed by atoms with Gasteiger partial charge in [0.05, 0.1) is 24.4 Å². The monoisotopic (exact) mass is 357 g/mol. The van der Waals surface area contributed by atoms with Crippen LogP contribution < -0.4 is 4.74 Å². The van der Waals surface area contributed by atoms with Crippen LogP contribution in [0, 0.1) is 11.8 Å². The van der Waals surface area contributed by atoms with Crippen molar-refractivity contribution in [2.75, 3.05) is 19.7 Å². The molecule has 2 aromatic rings. The summed E-state index contributed by atoms with van der Waals surface area (Å²) in [5.41, 5.74) is 1.05. The number of nitrogens with zero attached hydrogens (tertiary/aromatic N) is 3. The number of amides is 1. The molecule has 26 heavy (non-hydrogen) atoms. The van der Waals surface area contributed by atoms with E-state index in [1.165, 1.54) is 0 Å². The quantitative estimate of drug-likeness (QED) is 0.858. The molecule has 0 spiro atoms. The zero-order valence-electron chi connectivity index (χ0n) is 15.0. The molecule has 1 amide bonds. The van der Waals surface area contributed by atoms with Gasteiger partial charge in [0.1, 0.15) is 0 Å². The summed E-state index contributed by atoms with van der Waals surface area (Å²) in [4.78, 5) is 25.9. The number of hydrogen-bond acceptors (Lipinski definition) is 4. The first-order valence-electron chi connectivity index (χ1n) is 8.81. The number of carbonyl (C=O) groups excluding carboxylic acids is 1. The highest BCUT2D eigenvalue weighted by Gasteiger charge is 2.38. The molecule has 1 aromatic carbocycles. The molecule has 1 N–H and O–H groups in total. The summed E-state index contributed by atoms with van der Waals surface area (Å²) in [5, 5.41) is 13.7. The molecule has 0 radical (unpaired) electrons. The van der Waals surface area contributed by atoms with E-state index in [4.69, 9.17) is 4.74 Å². The van der Waals surface area contributed by atoms with E-state index < -0.39 is 11.9 Å². The number of rotatable bonds is 6. The van der Waals surface area contributed by atoms with Gasteiger partial charge in [-0.2, -0.15) is 5.10 Å². The second-order valence-corrected chi connectivity index (χ2v) is 6.60. The molecular weight excluding hydrogens is 334 g/mol. The molecule has 2 atom stereocenters. The van der Waals surface area contributed by atoms with Crippen LogP contribution in [0.25, 0.3) is 5.69 Å². The van der Waals surface area contributed by atoms with Crippen LogP contribution in [0.3, 0.4) is 0 Å². The number of carboxylic acid groups (broad SMARTS) is 1. The highest BCUT2D eigenvalue weighted by Crippen LogP contribution is 2.28. The maximum Gasteiger partial charge on any atom is 0.308 e. The molecule has 0 bridgehead atoms. The third-order valence-electron chi connectivity index (χ3n) is 4.58. The Morgan fingerprint density at radius 3 is 2.62 bits per heavy atom. The molecule has 0 unspecified atom stereocenters. The van der Waals surface area contributed by atoms with E-state index in [0.717, 1.165) is 12.1 Å². The molecule has 1 saturated heterocycles. The van der Waals surface area contributed by atoms with Gasteiger partial charge in [0.2, 0.25) is 0 Å². The number of para-hydroxylation sites is 1. The van der Waals surface area contributed by atoms with Gasteiger partial charge in [-0.3, -0.25) is 9.59 Å². The van der Waals surface area contributed by atoms with Crippen LogP contribution in [0.15, 0.2) is 36.5 Å². The standard InChI is InChI=1S/C19H23N3O4/c1-3-9-26-16-12-22(14-7-5-4-6-8-14)20-17(16)18(23)21-10-13(2)15(11-21)19(24)25/h4-8,12-13,15H,3,9-11H2,1-2H3,(H,24,25)/t13-,15-/m1/s1. The van der Waals surface area contributed by atoms with Gasteiger partial charge < -0.3 is 14.7 Å². The largest absolute Gasteiger partial charge is 0.489 e. The van der Waals surface area contributed by atoms with Crippen LogP contribution in [0.1, 0.15) is 30.8 Å². The number of aliphatic carboxylic acids is 1. The van der Waals surface area contributed by atoms with Gasteiger partial charge >= 0.3 is 5.97 Å². The Kier molecular flexibility index (Phi) is 5.25. The van der Waals surface area contributed by atoms with Crippen LogP contribution in [-0.2, 0) is 4.79 Å². The molecule has 138 valence electrons. The van der Waals surface area contributed by atoms with Gasteiger partial charge in [-0.25, -0.2) is 4.68 Å². The lowest BCUT2D eigenvalue weighted by atomic mass is 9.99. The number of aromatic nitrogens is 2. The van der Waals surface area contributed by atoms with Crippen molar-refractivity contribution < 1.29 is 19.4 Å². The Morgan fingerprint density at radius 2 is 2.00 bits per heavy atom. The van der Waals surface area contributed by atoms with Crippen LogP contribution in [0.4, 0.5) is 0 Å². The molecule has 0 aliphatic carbocycles. The summed E-state index contributed by atoms with van der Waals surface area (Å²) in [6.45, 7) is 4.92. The fraction of sp³-hybridized carbons (Fsp3) is 0.421. The molecule has 1 aliphatic rings. The van der Waals surface area contributed by atoms with E-state index >= 15 is 0 Å². The van der Waals surface area contributed by atoms with Gasteiger partial charge in [-0.1, -0.05) is 32.0 Å². The summed E-state index contributed by atoms with van der Waals surface area (Å²) in [6, 6.07) is 9.48. The zero-order valence-corrected chi connectivity index (χ0v) is 15.0. The summed E-state index contributed by atoms with van der Waals surface area (Å²) < 4.78 is 7.34. The number of carboxylic acids is 1. The van der Waals surface area contributed by atoms with Crippen molar-refractivity contribution in [2.45, 2.75) is 20.3 Å². The molecule has 3 rings (SSSR count). The van der Waals surface area contributed by atoms with Gasteiger partial charge in [-0.15, -0.1) is 0 Å². The van der Waals surface area contributed by atoms with Gasteiger partial charge in [0.15, 0.2) is 11.4 Å². The number of benzene rings is 1. The minimum atomic E-state index is -0.870. The Balaban J connectivity index is 1.89. The SMILES string of the molecule is CCCOc1cn(-c2ccccc2)nc1C(=O)N1C[C@@H](C)[C@H](C(=O)O)C1. The smallest absolute Gasteiger partial charge is 0.308 e. The van der Waals surface area contributed by atoms with Crippen molar-refractivity contribution in [3.05, 3.63) is 42.2 Å². The van der Waals surface area contributed by atoms with E-state index in [9.17, 15) is 14.7 Å². The lowest BCUT2D eigenvalue weighted by molar-refractivity contribution is -0.142. The maximum absolute atomic E-state index is 13.0. The van der Waals surface area contributed by atoms with Gasteiger partial charge in [-0.05, 0) is 24.5 Å². The molecule has 1 aliphatic heterocycles. The summed E-state index contributed by atoms with van der Waals surface area (Å²) >= 11 is 0. The van der Waals surface area contributed by atoms with E-state index in [0.29, 0.717) is 18.9 Å². The van der Waals surface area contributed by atoms with Crippen LogP contribution in [0.2, 0.25) is 0 Å². The zero-order chi connectivity index (χ0) is 18.7. The van der Waals surface area contributed by atoms with Crippen molar-refractivity contribution >= 4 is 11.9 Å². The van der Waals surface area contributed by atoms with Crippen molar-refractivity contribution in [2.24, 2.45) is 11.8 Å². The Hall–Kier alpha value is -2.83. The minimum Gasteiger partial charge on any atom is -0.489 e. The van der Waals surface area contributed by atoms with E-state index in [2.05, 4.69) is 5.10 Å². The van der Waals surface area contributed by atoms with Gasteiger partial charge in [0.25, 0.3) is 5.91 Å². The minimum absolute atomic E-state index is 0.0901. The maximum atomic E-state index is 13.0. The highest BCUT2D eigenvalue weighted by atomic mass is 16.5. The lowest BCUT2D eigenvalue weighted by Crippen LogP contribution is -2.30.